The van der Waals surface area contributed by atoms with E-state index in [2.05, 4.69) is 36.4 Å². The summed E-state index contributed by atoms with van der Waals surface area (Å²) in [7, 11) is 0. The Morgan fingerprint density at radius 3 is 2.54 bits per heavy atom. The Hall–Kier alpha value is -5.63. The molecule has 3 amide bonds. The number of nitrogen functional groups attached to an aromatic ring is 1. The maximum atomic E-state index is 14.0. The second-order valence-electron chi connectivity index (χ2n) is 13.8. The number of carbonyl (C=O) groups excluding carboxylic acids is 3. The van der Waals surface area contributed by atoms with Gasteiger partial charge in [-0.1, -0.05) is 18.2 Å². The van der Waals surface area contributed by atoms with E-state index in [4.69, 9.17) is 10.5 Å². The number of hydrogen-bond acceptors (Lipinski definition) is 11. The molecular formula is C38H39FN8O5. The average molecular weight is 707 g/mol. The van der Waals surface area contributed by atoms with Gasteiger partial charge in [-0.3, -0.25) is 29.6 Å². The fraction of sp³-hybridized carbons (Fsp3) is 0.368. The van der Waals surface area contributed by atoms with Gasteiger partial charge >= 0.3 is 0 Å². The Labute approximate surface area is 299 Å². The molecule has 4 N–H and O–H groups in total. The van der Waals surface area contributed by atoms with Gasteiger partial charge in [-0.2, -0.15) is 0 Å². The van der Waals surface area contributed by atoms with Gasteiger partial charge in [-0.15, -0.1) is 10.2 Å². The summed E-state index contributed by atoms with van der Waals surface area (Å²) in [6.45, 7) is 2.63. The van der Waals surface area contributed by atoms with Crippen molar-refractivity contribution < 1.29 is 28.6 Å². The van der Waals surface area contributed by atoms with Crippen LogP contribution in [0.4, 0.5) is 21.6 Å². The Bertz CT molecular complexity index is 2050. The van der Waals surface area contributed by atoms with Crippen molar-refractivity contribution in [3.63, 3.8) is 0 Å². The molecule has 0 spiro atoms. The number of nitrogens with zero attached hydrogens (tertiary/aromatic N) is 6. The molecule has 2 saturated heterocycles. The third kappa shape index (κ3) is 6.27. The number of piperidine rings is 1. The average Bonchev–Trinajstić information content (AvgIpc) is 3.16. The molecule has 4 aliphatic rings. The number of nitrogens with one attached hydrogen (secondary N) is 1. The highest BCUT2D eigenvalue weighted by Crippen LogP contribution is 2.45. The smallest absolute Gasteiger partial charge is 0.249 e. The van der Waals surface area contributed by atoms with Crippen LogP contribution in [0, 0.1) is 5.82 Å². The van der Waals surface area contributed by atoms with Crippen molar-refractivity contribution in [3.05, 3.63) is 72.2 Å². The fourth-order valence-corrected chi connectivity index (χ4v) is 8.14. The second kappa shape index (κ2) is 13.8. The summed E-state index contributed by atoms with van der Waals surface area (Å²) in [5.41, 5.74) is 10.3. The molecule has 14 heteroatoms. The number of imide groups is 1. The lowest BCUT2D eigenvalue weighted by Crippen LogP contribution is -2.54. The number of anilines is 3. The number of halogens is 1. The topological polar surface area (TPSA) is 167 Å². The molecule has 13 nitrogen and oxygen atoms in total. The van der Waals surface area contributed by atoms with Gasteiger partial charge in [0.05, 0.1) is 30.2 Å². The SMILES string of the molecule is Nc1nnc(-c2cccc(F)c2O)cc1-c1cc(N2CCN([C@H]3CC[C@H](c4cccc5c4OCCN5[C@@H]4CCC(=O)NC4=O)CC3)CC2=O)ccn1. The number of phenols is 1. The number of ether oxygens (including phenoxy) is 1. The zero-order valence-corrected chi connectivity index (χ0v) is 28.5. The maximum Gasteiger partial charge on any atom is 0.249 e. The highest BCUT2D eigenvalue weighted by molar-refractivity contribution is 6.02. The number of phenolic OH excluding ortho intramolecular Hbond substituents is 1. The summed E-state index contributed by atoms with van der Waals surface area (Å²) < 4.78 is 20.3. The number of benzene rings is 2. The van der Waals surface area contributed by atoms with Crippen LogP contribution in [0.1, 0.15) is 50.0 Å². The first-order valence-corrected chi connectivity index (χ1v) is 17.7. The molecule has 3 fully saturated rings. The number of pyridine rings is 1. The standard InChI is InChI=1S/C38H39FN8O5/c39-28-5-1-4-26(35(28)50)30-20-27(37(40)44-43-30)29-19-24(13-14-41-29)46-16-15-45(21-34(46)49)23-9-7-22(8-10-23)25-3-2-6-31-36(25)52-18-17-47(31)32-11-12-33(48)42-38(32)51/h1-6,13-14,19-20,22-23,32,50H,7-12,15-18,21H2,(H2,40,44)(H,42,48,51)/t22-,23-,32-/m1/s1. The monoisotopic (exact) mass is 706 g/mol. The third-order valence-electron chi connectivity index (χ3n) is 10.8. The van der Waals surface area contributed by atoms with Crippen molar-refractivity contribution in [1.82, 2.24) is 25.4 Å². The Morgan fingerprint density at radius 1 is 0.904 bits per heavy atom. The molecule has 268 valence electrons. The van der Waals surface area contributed by atoms with Gasteiger partial charge in [0.1, 0.15) is 18.4 Å². The first-order valence-electron chi connectivity index (χ1n) is 17.7. The van der Waals surface area contributed by atoms with Gasteiger partial charge in [0.25, 0.3) is 0 Å². The molecule has 52 heavy (non-hydrogen) atoms. The Morgan fingerprint density at radius 2 is 1.73 bits per heavy atom. The molecule has 3 aliphatic heterocycles. The van der Waals surface area contributed by atoms with Crippen LogP contribution >= 0.6 is 0 Å². The summed E-state index contributed by atoms with van der Waals surface area (Å²) in [6, 6.07) is 15.4. The molecular weight excluding hydrogens is 667 g/mol. The van der Waals surface area contributed by atoms with E-state index in [1.807, 2.05) is 12.1 Å². The minimum atomic E-state index is -0.770. The molecule has 0 unspecified atom stereocenters. The molecule has 1 saturated carbocycles. The summed E-state index contributed by atoms with van der Waals surface area (Å²) >= 11 is 0. The molecule has 2 aromatic carbocycles. The Balaban J connectivity index is 0.921. The lowest BCUT2D eigenvalue weighted by Gasteiger charge is -2.42. The van der Waals surface area contributed by atoms with E-state index in [1.165, 1.54) is 6.07 Å². The molecule has 0 bridgehead atoms. The third-order valence-corrected chi connectivity index (χ3v) is 10.8. The number of fused-ring (bicyclic) bond motifs is 1. The number of para-hydroxylation sites is 2. The van der Waals surface area contributed by atoms with E-state index in [0.29, 0.717) is 61.9 Å². The van der Waals surface area contributed by atoms with Crippen LogP contribution in [-0.4, -0.2) is 87.8 Å². The summed E-state index contributed by atoms with van der Waals surface area (Å²) in [5, 5.41) is 20.8. The van der Waals surface area contributed by atoms with Gasteiger partial charge in [-0.05, 0) is 80.0 Å². The molecule has 1 atom stereocenters. The predicted molar refractivity (Wildman–Crippen MR) is 191 cm³/mol. The van der Waals surface area contributed by atoms with Crippen LogP contribution in [-0.2, 0) is 14.4 Å². The summed E-state index contributed by atoms with van der Waals surface area (Å²) in [6.07, 6.45) is 6.27. The van der Waals surface area contributed by atoms with E-state index in [-0.39, 0.29) is 46.9 Å². The van der Waals surface area contributed by atoms with E-state index < -0.39 is 11.6 Å². The van der Waals surface area contributed by atoms with E-state index in [1.54, 1.807) is 35.4 Å². The van der Waals surface area contributed by atoms with E-state index in [9.17, 15) is 23.9 Å². The van der Waals surface area contributed by atoms with Crippen molar-refractivity contribution in [2.75, 3.05) is 48.3 Å². The molecule has 5 heterocycles. The van der Waals surface area contributed by atoms with Crippen molar-refractivity contribution in [3.8, 4) is 34.0 Å². The lowest BCUT2D eigenvalue weighted by molar-refractivity contribution is -0.134. The lowest BCUT2D eigenvalue weighted by atomic mass is 9.80. The second-order valence-corrected chi connectivity index (χ2v) is 13.8. The Kier molecular flexibility index (Phi) is 8.91. The predicted octanol–water partition coefficient (Wildman–Crippen LogP) is 4.01. The van der Waals surface area contributed by atoms with E-state index in [0.717, 1.165) is 55.3 Å². The number of nitrogens with two attached hydrogens (primary N) is 1. The number of carbonyl (C=O) groups is 3. The largest absolute Gasteiger partial charge is 0.504 e. The van der Waals surface area contributed by atoms with Gasteiger partial charge in [0.2, 0.25) is 17.7 Å². The van der Waals surface area contributed by atoms with Crippen molar-refractivity contribution in [2.45, 2.75) is 56.5 Å². The van der Waals surface area contributed by atoms with Crippen LogP contribution in [0.15, 0.2) is 60.8 Å². The molecule has 8 rings (SSSR count). The number of hydrogen-bond donors (Lipinski definition) is 3. The van der Waals surface area contributed by atoms with Crippen LogP contribution < -0.4 is 25.6 Å². The van der Waals surface area contributed by atoms with Crippen LogP contribution in [0.2, 0.25) is 0 Å². The first kappa shape index (κ1) is 33.5. The van der Waals surface area contributed by atoms with Crippen molar-refractivity contribution >= 4 is 34.9 Å². The van der Waals surface area contributed by atoms with Crippen molar-refractivity contribution in [2.24, 2.45) is 0 Å². The minimum absolute atomic E-state index is 0.00390. The first-order chi connectivity index (χ1) is 25.2. The number of amides is 3. The normalized spacial score (nSPS) is 22.5. The molecule has 2 aromatic heterocycles. The number of aromatic nitrogens is 3. The quantitative estimate of drug-likeness (QED) is 0.248. The summed E-state index contributed by atoms with van der Waals surface area (Å²) in [4.78, 5) is 48.7. The van der Waals surface area contributed by atoms with Gasteiger partial charge < -0.3 is 25.4 Å². The van der Waals surface area contributed by atoms with Crippen LogP contribution in [0.25, 0.3) is 22.5 Å². The number of piperazine rings is 1. The summed E-state index contributed by atoms with van der Waals surface area (Å²) in [5.74, 6) is -0.509. The zero-order valence-electron chi connectivity index (χ0n) is 28.5. The molecule has 1 aliphatic carbocycles. The van der Waals surface area contributed by atoms with E-state index >= 15 is 0 Å². The fourth-order valence-electron chi connectivity index (χ4n) is 8.14. The highest BCUT2D eigenvalue weighted by Gasteiger charge is 2.37. The molecule has 4 aromatic rings. The van der Waals surface area contributed by atoms with Crippen LogP contribution in [0.5, 0.6) is 11.5 Å². The van der Waals surface area contributed by atoms with Gasteiger partial charge in [0.15, 0.2) is 17.4 Å². The highest BCUT2D eigenvalue weighted by atomic mass is 19.1. The zero-order chi connectivity index (χ0) is 35.9. The minimum Gasteiger partial charge on any atom is -0.504 e. The van der Waals surface area contributed by atoms with Crippen LogP contribution in [0.3, 0.4) is 0 Å². The van der Waals surface area contributed by atoms with Crippen molar-refractivity contribution in [1.29, 1.82) is 0 Å². The molecule has 0 radical (unpaired) electrons. The van der Waals surface area contributed by atoms with Gasteiger partial charge in [-0.25, -0.2) is 4.39 Å². The number of aromatic hydroxyl groups is 1. The number of rotatable bonds is 6. The van der Waals surface area contributed by atoms with Gasteiger partial charge in [0, 0.05) is 48.6 Å². The maximum absolute atomic E-state index is 14.0.